The first kappa shape index (κ1) is 17.7. The number of pyridine rings is 1. The van der Waals surface area contributed by atoms with Crippen LogP contribution in [0.25, 0.3) is 0 Å². The lowest BCUT2D eigenvalue weighted by Gasteiger charge is -2.20. The number of hydrogen-bond acceptors (Lipinski definition) is 3. The highest BCUT2D eigenvalue weighted by atomic mass is 16.5. The number of aromatic nitrogens is 1. The molecule has 1 amide bonds. The second-order valence-electron chi connectivity index (χ2n) is 6.05. The zero-order valence-electron chi connectivity index (χ0n) is 14.8. The molecule has 0 saturated carbocycles. The molecule has 132 valence electrons. The Morgan fingerprint density at radius 1 is 1.04 bits per heavy atom. The summed E-state index contributed by atoms with van der Waals surface area (Å²) in [5, 5.41) is 3.14. The Morgan fingerprint density at radius 2 is 1.85 bits per heavy atom. The van der Waals surface area contributed by atoms with Crippen molar-refractivity contribution >= 4 is 5.91 Å². The van der Waals surface area contributed by atoms with Gasteiger partial charge in [0.05, 0.1) is 13.2 Å². The second kappa shape index (κ2) is 8.81. The van der Waals surface area contributed by atoms with Crippen molar-refractivity contribution in [1.29, 1.82) is 0 Å². The van der Waals surface area contributed by atoms with E-state index in [9.17, 15) is 4.79 Å². The van der Waals surface area contributed by atoms with Crippen molar-refractivity contribution in [2.24, 2.45) is 0 Å². The summed E-state index contributed by atoms with van der Waals surface area (Å²) >= 11 is 0. The van der Waals surface area contributed by atoms with Crippen molar-refractivity contribution in [3.05, 3.63) is 95.8 Å². The maximum Gasteiger partial charge on any atom is 0.221 e. The van der Waals surface area contributed by atoms with E-state index in [0.717, 1.165) is 22.4 Å². The van der Waals surface area contributed by atoms with Gasteiger partial charge >= 0.3 is 0 Å². The zero-order chi connectivity index (χ0) is 18.2. The highest BCUT2D eigenvalue weighted by Crippen LogP contribution is 2.25. The third kappa shape index (κ3) is 4.70. The fourth-order valence-corrected chi connectivity index (χ4v) is 2.86. The summed E-state index contributed by atoms with van der Waals surface area (Å²) < 4.78 is 5.32. The smallest absolute Gasteiger partial charge is 0.221 e. The minimum Gasteiger partial charge on any atom is -0.497 e. The Bertz CT molecular complexity index is 835. The van der Waals surface area contributed by atoms with Crippen molar-refractivity contribution in [2.45, 2.75) is 18.9 Å². The lowest BCUT2D eigenvalue weighted by Crippen LogP contribution is -2.29. The van der Waals surface area contributed by atoms with Gasteiger partial charge in [-0.1, -0.05) is 48.5 Å². The van der Waals surface area contributed by atoms with Crippen LogP contribution in [0, 0.1) is 0 Å². The maximum absolute atomic E-state index is 12.6. The molecule has 1 N–H and O–H groups in total. The van der Waals surface area contributed by atoms with Crippen LogP contribution in [-0.2, 0) is 11.2 Å². The largest absolute Gasteiger partial charge is 0.497 e. The number of hydrogen-bond donors (Lipinski definition) is 1. The van der Waals surface area contributed by atoms with Gasteiger partial charge in [-0.15, -0.1) is 0 Å². The molecule has 0 aliphatic rings. The Hall–Kier alpha value is -3.14. The normalized spacial score (nSPS) is 11.6. The number of carbonyl (C=O) groups excluding carboxylic acids is 1. The molecule has 4 nitrogen and oxygen atoms in total. The maximum atomic E-state index is 12.6. The van der Waals surface area contributed by atoms with Gasteiger partial charge in [0.15, 0.2) is 0 Å². The van der Waals surface area contributed by atoms with E-state index in [4.69, 9.17) is 4.74 Å². The number of nitrogens with zero attached hydrogens (tertiary/aromatic N) is 1. The van der Waals surface area contributed by atoms with Gasteiger partial charge < -0.3 is 10.1 Å². The zero-order valence-corrected chi connectivity index (χ0v) is 14.8. The molecule has 0 unspecified atom stereocenters. The van der Waals surface area contributed by atoms with E-state index in [2.05, 4.69) is 10.3 Å². The van der Waals surface area contributed by atoms with Gasteiger partial charge in [0, 0.05) is 18.8 Å². The highest BCUT2D eigenvalue weighted by Gasteiger charge is 2.17. The Balaban J connectivity index is 1.76. The number of aryl methyl sites for hydroxylation is 1. The topological polar surface area (TPSA) is 51.2 Å². The molecule has 0 fully saturated rings. The first-order valence-corrected chi connectivity index (χ1v) is 8.63. The van der Waals surface area contributed by atoms with Gasteiger partial charge in [0.25, 0.3) is 0 Å². The average molecular weight is 346 g/mol. The fraction of sp³-hybridized carbons (Fsp3) is 0.182. The molecule has 0 aliphatic carbocycles. The number of nitrogens with one attached hydrogen (secondary N) is 1. The number of ether oxygens (including phenoxy) is 1. The average Bonchev–Trinajstić information content (AvgIpc) is 2.72. The molecule has 4 heteroatoms. The van der Waals surface area contributed by atoms with Crippen LogP contribution in [0.5, 0.6) is 5.75 Å². The third-order valence-corrected chi connectivity index (χ3v) is 4.23. The summed E-state index contributed by atoms with van der Waals surface area (Å²) in [5.41, 5.74) is 3.06. The quantitative estimate of drug-likeness (QED) is 0.705. The van der Waals surface area contributed by atoms with Crippen LogP contribution in [0.1, 0.15) is 29.2 Å². The first-order valence-electron chi connectivity index (χ1n) is 8.63. The van der Waals surface area contributed by atoms with Crippen molar-refractivity contribution in [1.82, 2.24) is 10.3 Å². The van der Waals surface area contributed by atoms with Crippen LogP contribution < -0.4 is 10.1 Å². The number of benzene rings is 2. The summed E-state index contributed by atoms with van der Waals surface area (Å²) in [4.78, 5) is 16.8. The van der Waals surface area contributed by atoms with E-state index in [0.29, 0.717) is 12.8 Å². The van der Waals surface area contributed by atoms with E-state index in [1.54, 1.807) is 19.5 Å². The Kier molecular flexibility index (Phi) is 5.99. The van der Waals surface area contributed by atoms with E-state index < -0.39 is 0 Å². The summed E-state index contributed by atoms with van der Waals surface area (Å²) in [5.74, 6) is 0.764. The molecule has 0 radical (unpaired) electrons. The van der Waals surface area contributed by atoms with Crippen molar-refractivity contribution in [2.75, 3.05) is 7.11 Å². The Morgan fingerprint density at radius 3 is 2.58 bits per heavy atom. The van der Waals surface area contributed by atoms with Gasteiger partial charge in [-0.25, -0.2) is 0 Å². The minimum absolute atomic E-state index is 0.00512. The van der Waals surface area contributed by atoms with Crippen LogP contribution in [0.15, 0.2) is 79.1 Å². The predicted molar refractivity (Wildman–Crippen MR) is 102 cm³/mol. The van der Waals surface area contributed by atoms with Crippen molar-refractivity contribution in [3.8, 4) is 5.75 Å². The predicted octanol–water partition coefficient (Wildman–Crippen LogP) is 3.93. The number of methoxy groups -OCH3 is 1. The van der Waals surface area contributed by atoms with Crippen molar-refractivity contribution < 1.29 is 9.53 Å². The summed E-state index contributed by atoms with van der Waals surface area (Å²) in [6.07, 6.45) is 4.65. The Labute approximate surface area is 153 Å². The summed E-state index contributed by atoms with van der Waals surface area (Å²) in [6, 6.07) is 21.3. The van der Waals surface area contributed by atoms with Gasteiger partial charge in [-0.3, -0.25) is 9.78 Å². The van der Waals surface area contributed by atoms with E-state index in [1.807, 2.05) is 66.7 Å². The SMILES string of the molecule is COc1cccc([C@H](NC(=O)CCc2ccccc2)c2cccnc2)c1. The molecule has 0 bridgehead atoms. The van der Waals surface area contributed by atoms with E-state index in [-0.39, 0.29) is 11.9 Å². The van der Waals surface area contributed by atoms with Crippen LogP contribution >= 0.6 is 0 Å². The van der Waals surface area contributed by atoms with E-state index in [1.165, 1.54) is 0 Å². The van der Waals surface area contributed by atoms with Gasteiger partial charge in [-0.2, -0.15) is 0 Å². The molecule has 0 spiro atoms. The molecule has 1 atom stereocenters. The van der Waals surface area contributed by atoms with Crippen LogP contribution in [0.4, 0.5) is 0 Å². The molecule has 2 aromatic carbocycles. The lowest BCUT2D eigenvalue weighted by molar-refractivity contribution is -0.121. The van der Waals surface area contributed by atoms with Gasteiger partial charge in [-0.05, 0) is 41.3 Å². The van der Waals surface area contributed by atoms with Gasteiger partial charge in [0.2, 0.25) is 5.91 Å². The highest BCUT2D eigenvalue weighted by molar-refractivity contribution is 5.77. The third-order valence-electron chi connectivity index (χ3n) is 4.23. The van der Waals surface area contributed by atoms with Crippen LogP contribution in [0.3, 0.4) is 0 Å². The molecular formula is C22H22N2O2. The fourth-order valence-electron chi connectivity index (χ4n) is 2.86. The molecule has 3 rings (SSSR count). The molecule has 1 heterocycles. The van der Waals surface area contributed by atoms with Gasteiger partial charge in [0.1, 0.15) is 5.75 Å². The van der Waals surface area contributed by atoms with Crippen LogP contribution in [0.2, 0.25) is 0 Å². The summed E-state index contributed by atoms with van der Waals surface area (Å²) in [6.45, 7) is 0. The number of carbonyl (C=O) groups is 1. The molecule has 26 heavy (non-hydrogen) atoms. The molecule has 0 saturated heterocycles. The number of amides is 1. The molecule has 0 aliphatic heterocycles. The molecular weight excluding hydrogens is 324 g/mol. The first-order chi connectivity index (χ1) is 12.8. The minimum atomic E-state index is -0.262. The second-order valence-corrected chi connectivity index (χ2v) is 6.05. The summed E-state index contributed by atoms with van der Waals surface area (Å²) in [7, 11) is 1.64. The number of rotatable bonds is 7. The van der Waals surface area contributed by atoms with E-state index >= 15 is 0 Å². The molecule has 3 aromatic rings. The monoisotopic (exact) mass is 346 g/mol. The lowest BCUT2D eigenvalue weighted by atomic mass is 9.99. The van der Waals surface area contributed by atoms with Crippen molar-refractivity contribution in [3.63, 3.8) is 0 Å². The standard InChI is InChI=1S/C22H22N2O2/c1-26-20-11-5-9-18(15-20)22(19-10-6-14-23-16-19)24-21(25)13-12-17-7-3-2-4-8-17/h2-11,14-16,22H,12-13H2,1H3,(H,24,25)/t22-/m0/s1. The molecule has 1 aromatic heterocycles. The van der Waals surface area contributed by atoms with Crippen LogP contribution in [-0.4, -0.2) is 18.0 Å².